The van der Waals surface area contributed by atoms with Crippen LogP contribution in [0.15, 0.2) is 36.4 Å². The van der Waals surface area contributed by atoms with Crippen molar-refractivity contribution in [1.29, 1.82) is 0 Å². The first-order valence-corrected chi connectivity index (χ1v) is 9.56. The second-order valence-corrected chi connectivity index (χ2v) is 6.95. The summed E-state index contributed by atoms with van der Waals surface area (Å²) in [6, 6.07) is 9.68. The molecule has 27 heavy (non-hydrogen) atoms. The van der Waals surface area contributed by atoms with E-state index in [-0.39, 0.29) is 23.7 Å². The van der Waals surface area contributed by atoms with Crippen molar-refractivity contribution < 1.29 is 19.2 Å². The molecule has 0 bridgehead atoms. The van der Waals surface area contributed by atoms with Crippen LogP contribution in [0.25, 0.3) is 0 Å². The molecule has 7 nitrogen and oxygen atoms in total. The zero-order chi connectivity index (χ0) is 19.8. The Bertz CT molecular complexity index is 826. The standard InChI is InChI=1S/C19H21IN2O5/c1-3-4-9-27-17-8-5-13(10-18(17)26-2)12-21-19(23)15-11-14(22(24)25)6-7-16(15)20/h5-8,10-11H,3-4,9,12H2,1-2H3,(H,21,23). The Morgan fingerprint density at radius 2 is 2.00 bits per heavy atom. The molecule has 2 aromatic rings. The number of carbonyl (C=O) groups is 1. The summed E-state index contributed by atoms with van der Waals surface area (Å²) in [5, 5.41) is 13.7. The molecule has 8 heteroatoms. The highest BCUT2D eigenvalue weighted by Gasteiger charge is 2.15. The smallest absolute Gasteiger partial charge is 0.270 e. The summed E-state index contributed by atoms with van der Waals surface area (Å²) in [6.45, 7) is 2.98. The van der Waals surface area contributed by atoms with E-state index in [4.69, 9.17) is 9.47 Å². The highest BCUT2D eigenvalue weighted by molar-refractivity contribution is 14.1. The number of nitrogens with zero attached hydrogens (tertiary/aromatic N) is 1. The molecule has 2 aromatic carbocycles. The van der Waals surface area contributed by atoms with Crippen LogP contribution in [0.1, 0.15) is 35.7 Å². The van der Waals surface area contributed by atoms with Crippen LogP contribution in [0.4, 0.5) is 5.69 Å². The van der Waals surface area contributed by atoms with E-state index in [1.54, 1.807) is 19.2 Å². The molecular formula is C19H21IN2O5. The van der Waals surface area contributed by atoms with Crippen LogP contribution < -0.4 is 14.8 Å². The van der Waals surface area contributed by atoms with E-state index in [2.05, 4.69) is 12.2 Å². The molecule has 0 unspecified atom stereocenters. The number of benzene rings is 2. The third-order valence-corrected chi connectivity index (χ3v) is 4.78. The molecule has 1 N–H and O–H groups in total. The number of hydrogen-bond donors (Lipinski definition) is 1. The molecule has 0 aromatic heterocycles. The van der Waals surface area contributed by atoms with Crippen LogP contribution in [0, 0.1) is 13.7 Å². The van der Waals surface area contributed by atoms with E-state index >= 15 is 0 Å². The molecule has 144 valence electrons. The number of nitro groups is 1. The lowest BCUT2D eigenvalue weighted by Crippen LogP contribution is -2.23. The van der Waals surface area contributed by atoms with Crippen molar-refractivity contribution in [3.63, 3.8) is 0 Å². The SMILES string of the molecule is CCCCOc1ccc(CNC(=O)c2cc([N+](=O)[O-])ccc2I)cc1OC. The van der Waals surface area contributed by atoms with Gasteiger partial charge in [0.1, 0.15) is 0 Å². The number of ether oxygens (including phenoxy) is 2. The summed E-state index contributed by atoms with van der Waals surface area (Å²) in [7, 11) is 1.57. The molecule has 0 saturated heterocycles. The number of methoxy groups -OCH3 is 1. The first kappa shape index (κ1) is 20.9. The summed E-state index contributed by atoms with van der Waals surface area (Å²) in [5.41, 5.74) is 0.996. The minimum Gasteiger partial charge on any atom is -0.493 e. The lowest BCUT2D eigenvalue weighted by atomic mass is 10.1. The first-order chi connectivity index (χ1) is 13.0. The van der Waals surface area contributed by atoms with Crippen LogP contribution in [0.5, 0.6) is 11.5 Å². The number of nitro benzene ring substituents is 1. The summed E-state index contributed by atoms with van der Waals surface area (Å²) in [6.07, 6.45) is 2.01. The van der Waals surface area contributed by atoms with Gasteiger partial charge in [0.15, 0.2) is 11.5 Å². The Labute approximate surface area is 171 Å². The van der Waals surface area contributed by atoms with Crippen LogP contribution >= 0.6 is 22.6 Å². The largest absolute Gasteiger partial charge is 0.493 e. The van der Waals surface area contributed by atoms with Crippen molar-refractivity contribution in [2.24, 2.45) is 0 Å². The van der Waals surface area contributed by atoms with Crippen molar-refractivity contribution >= 4 is 34.2 Å². The molecule has 0 atom stereocenters. The van der Waals surface area contributed by atoms with Gasteiger partial charge in [-0.2, -0.15) is 0 Å². The topological polar surface area (TPSA) is 90.7 Å². The number of unbranched alkanes of at least 4 members (excludes halogenated alkanes) is 1. The first-order valence-electron chi connectivity index (χ1n) is 8.48. The molecule has 2 rings (SSSR count). The average Bonchev–Trinajstić information content (AvgIpc) is 2.67. The third kappa shape index (κ3) is 5.81. The summed E-state index contributed by atoms with van der Waals surface area (Å²) in [5.74, 6) is 0.891. The van der Waals surface area contributed by atoms with Gasteiger partial charge in [0.25, 0.3) is 11.6 Å². The number of halogens is 1. The van der Waals surface area contributed by atoms with Gasteiger partial charge in [-0.05, 0) is 52.8 Å². The van der Waals surface area contributed by atoms with Crippen molar-refractivity contribution in [1.82, 2.24) is 5.32 Å². The average molecular weight is 484 g/mol. The maximum Gasteiger partial charge on any atom is 0.270 e. The maximum atomic E-state index is 12.4. The van der Waals surface area contributed by atoms with Gasteiger partial charge in [0.2, 0.25) is 0 Å². The van der Waals surface area contributed by atoms with Gasteiger partial charge in [-0.1, -0.05) is 19.4 Å². The van der Waals surface area contributed by atoms with Crippen LogP contribution in [0.2, 0.25) is 0 Å². The van der Waals surface area contributed by atoms with Crippen molar-refractivity contribution in [3.05, 3.63) is 61.2 Å². The Hall–Kier alpha value is -2.36. The molecule has 0 heterocycles. The monoisotopic (exact) mass is 484 g/mol. The summed E-state index contributed by atoms with van der Waals surface area (Å²) in [4.78, 5) is 22.8. The molecule has 0 fully saturated rings. The van der Waals surface area contributed by atoms with E-state index < -0.39 is 4.92 Å². The minimum atomic E-state index is -0.519. The molecule has 0 spiro atoms. The maximum absolute atomic E-state index is 12.4. The van der Waals surface area contributed by atoms with Gasteiger partial charge in [-0.25, -0.2) is 0 Å². The van der Waals surface area contributed by atoms with Crippen LogP contribution in [-0.2, 0) is 6.54 Å². The zero-order valence-corrected chi connectivity index (χ0v) is 17.3. The number of non-ortho nitro benzene ring substituents is 1. The third-order valence-electron chi connectivity index (χ3n) is 3.84. The van der Waals surface area contributed by atoms with Crippen molar-refractivity contribution in [2.75, 3.05) is 13.7 Å². The van der Waals surface area contributed by atoms with Gasteiger partial charge in [0, 0.05) is 22.2 Å². The highest BCUT2D eigenvalue weighted by atomic mass is 127. The highest BCUT2D eigenvalue weighted by Crippen LogP contribution is 2.28. The number of hydrogen-bond acceptors (Lipinski definition) is 5. The summed E-state index contributed by atoms with van der Waals surface area (Å²) >= 11 is 1.98. The second kappa shape index (κ2) is 10.1. The Kier molecular flexibility index (Phi) is 7.83. The number of amides is 1. The molecular weight excluding hydrogens is 463 g/mol. The molecule has 1 amide bonds. The van der Waals surface area contributed by atoms with Crippen LogP contribution in [-0.4, -0.2) is 24.5 Å². The number of rotatable bonds is 9. The molecule has 0 aliphatic rings. The zero-order valence-electron chi connectivity index (χ0n) is 15.2. The Balaban J connectivity index is 2.06. The van der Waals surface area contributed by atoms with Crippen molar-refractivity contribution in [3.8, 4) is 11.5 Å². The molecule has 0 aliphatic carbocycles. The Morgan fingerprint density at radius 1 is 1.22 bits per heavy atom. The predicted molar refractivity (Wildman–Crippen MR) is 110 cm³/mol. The van der Waals surface area contributed by atoms with Gasteiger partial charge >= 0.3 is 0 Å². The fourth-order valence-corrected chi connectivity index (χ4v) is 2.93. The van der Waals surface area contributed by atoms with E-state index in [9.17, 15) is 14.9 Å². The van der Waals surface area contributed by atoms with E-state index in [1.165, 1.54) is 12.1 Å². The molecule has 0 saturated carbocycles. The molecule has 0 radical (unpaired) electrons. The van der Waals surface area contributed by atoms with Gasteiger partial charge in [-0.15, -0.1) is 0 Å². The van der Waals surface area contributed by atoms with E-state index in [0.29, 0.717) is 21.7 Å². The van der Waals surface area contributed by atoms with E-state index in [1.807, 2.05) is 34.7 Å². The second-order valence-electron chi connectivity index (χ2n) is 5.79. The fraction of sp³-hybridized carbons (Fsp3) is 0.316. The number of nitrogens with one attached hydrogen (secondary N) is 1. The molecule has 0 aliphatic heterocycles. The fourth-order valence-electron chi connectivity index (χ4n) is 2.35. The van der Waals surface area contributed by atoms with Crippen LogP contribution in [0.3, 0.4) is 0 Å². The van der Waals surface area contributed by atoms with Gasteiger partial charge < -0.3 is 14.8 Å². The predicted octanol–water partition coefficient (Wildman–Crippen LogP) is 4.32. The lowest BCUT2D eigenvalue weighted by Gasteiger charge is -2.13. The van der Waals surface area contributed by atoms with E-state index in [0.717, 1.165) is 18.4 Å². The van der Waals surface area contributed by atoms with Crippen molar-refractivity contribution in [2.45, 2.75) is 26.3 Å². The minimum absolute atomic E-state index is 0.115. The summed E-state index contributed by atoms with van der Waals surface area (Å²) < 4.78 is 11.7. The Morgan fingerprint density at radius 3 is 2.67 bits per heavy atom. The van der Waals surface area contributed by atoms with Gasteiger partial charge in [-0.3, -0.25) is 14.9 Å². The van der Waals surface area contributed by atoms with Gasteiger partial charge in [0.05, 0.1) is 24.2 Å². The normalized spacial score (nSPS) is 10.3. The lowest BCUT2D eigenvalue weighted by molar-refractivity contribution is -0.384. The number of carbonyl (C=O) groups excluding carboxylic acids is 1. The quantitative estimate of drug-likeness (QED) is 0.248.